The zero-order chi connectivity index (χ0) is 14.5. The Morgan fingerprint density at radius 1 is 1.25 bits per heavy atom. The van der Waals surface area contributed by atoms with Crippen molar-refractivity contribution in [2.24, 2.45) is 5.92 Å². The molecule has 4 heteroatoms. The molecule has 0 aromatic rings. The van der Waals surface area contributed by atoms with Gasteiger partial charge in [0.2, 0.25) is 5.91 Å². The minimum atomic E-state index is 0.251. The molecule has 0 bridgehead atoms. The summed E-state index contributed by atoms with van der Waals surface area (Å²) < 4.78 is 0. The van der Waals surface area contributed by atoms with Crippen LogP contribution in [0.4, 0.5) is 0 Å². The van der Waals surface area contributed by atoms with Crippen LogP contribution in [0.25, 0.3) is 0 Å². The highest BCUT2D eigenvalue weighted by atomic mass is 16.3. The molecule has 1 heterocycles. The van der Waals surface area contributed by atoms with Gasteiger partial charge in [-0.2, -0.15) is 0 Å². The molecule has 1 saturated carbocycles. The molecule has 1 unspecified atom stereocenters. The van der Waals surface area contributed by atoms with E-state index in [0.29, 0.717) is 24.5 Å². The second kappa shape index (κ2) is 7.41. The van der Waals surface area contributed by atoms with Gasteiger partial charge in [0.05, 0.1) is 6.54 Å². The molecule has 2 aliphatic rings. The highest BCUT2D eigenvalue weighted by Gasteiger charge is 2.30. The van der Waals surface area contributed by atoms with E-state index in [1.165, 1.54) is 32.1 Å². The maximum atomic E-state index is 12.7. The third-order valence-corrected chi connectivity index (χ3v) is 4.80. The zero-order valence-corrected chi connectivity index (χ0v) is 13.1. The number of likely N-dealkylation sites (tertiary alicyclic amines) is 1. The Morgan fingerprint density at radius 3 is 2.50 bits per heavy atom. The molecule has 1 amide bonds. The van der Waals surface area contributed by atoms with Crippen molar-refractivity contribution in [2.45, 2.75) is 64.5 Å². The predicted molar refractivity (Wildman–Crippen MR) is 80.5 cm³/mol. The summed E-state index contributed by atoms with van der Waals surface area (Å²) in [5, 5.41) is 9.20. The molecule has 20 heavy (non-hydrogen) atoms. The molecule has 1 aliphatic carbocycles. The molecule has 0 aromatic carbocycles. The molecule has 1 saturated heterocycles. The van der Waals surface area contributed by atoms with E-state index in [9.17, 15) is 9.90 Å². The van der Waals surface area contributed by atoms with E-state index in [2.05, 4.69) is 23.6 Å². The fraction of sp³-hybridized carbons (Fsp3) is 0.938. The summed E-state index contributed by atoms with van der Waals surface area (Å²) in [4.78, 5) is 17.0. The van der Waals surface area contributed by atoms with E-state index >= 15 is 0 Å². The molecule has 2 rings (SSSR count). The van der Waals surface area contributed by atoms with Gasteiger partial charge < -0.3 is 10.0 Å². The van der Waals surface area contributed by atoms with Crippen LogP contribution in [-0.2, 0) is 4.79 Å². The molecular weight excluding hydrogens is 252 g/mol. The number of aliphatic hydroxyl groups excluding tert-OH is 1. The van der Waals surface area contributed by atoms with E-state index < -0.39 is 0 Å². The van der Waals surface area contributed by atoms with Gasteiger partial charge in [-0.25, -0.2) is 0 Å². The van der Waals surface area contributed by atoms with E-state index in [1.807, 2.05) is 0 Å². The van der Waals surface area contributed by atoms with Crippen LogP contribution in [0.1, 0.15) is 52.4 Å². The van der Waals surface area contributed by atoms with Gasteiger partial charge in [-0.3, -0.25) is 9.69 Å². The van der Waals surface area contributed by atoms with Crippen molar-refractivity contribution in [2.75, 3.05) is 26.2 Å². The number of rotatable bonds is 5. The first-order valence-corrected chi connectivity index (χ1v) is 8.26. The Morgan fingerprint density at radius 2 is 1.95 bits per heavy atom. The van der Waals surface area contributed by atoms with Gasteiger partial charge in [0.25, 0.3) is 0 Å². The lowest BCUT2D eigenvalue weighted by Crippen LogP contribution is -2.49. The highest BCUT2D eigenvalue weighted by molar-refractivity contribution is 5.79. The van der Waals surface area contributed by atoms with Gasteiger partial charge in [0.1, 0.15) is 0 Å². The van der Waals surface area contributed by atoms with Crippen LogP contribution in [0, 0.1) is 5.92 Å². The minimum Gasteiger partial charge on any atom is -0.396 e. The smallest absolute Gasteiger partial charge is 0.237 e. The van der Waals surface area contributed by atoms with E-state index in [1.54, 1.807) is 0 Å². The molecule has 1 aliphatic heterocycles. The SMILES string of the molecule is CC(C)N(C(=O)CN1CCC(CO)C1)C1CCCCC1. The van der Waals surface area contributed by atoms with Crippen LogP contribution in [0.15, 0.2) is 0 Å². The number of amides is 1. The Balaban J connectivity index is 1.90. The number of carbonyl (C=O) groups excluding carboxylic acids is 1. The molecular formula is C16H30N2O2. The summed E-state index contributed by atoms with van der Waals surface area (Å²) in [6, 6.07) is 0.745. The molecule has 1 N–H and O–H groups in total. The van der Waals surface area contributed by atoms with E-state index in [4.69, 9.17) is 0 Å². The Kier molecular flexibility index (Phi) is 5.85. The summed E-state index contributed by atoms with van der Waals surface area (Å²) in [5.74, 6) is 0.649. The lowest BCUT2D eigenvalue weighted by Gasteiger charge is -2.38. The molecule has 116 valence electrons. The van der Waals surface area contributed by atoms with Crippen molar-refractivity contribution in [3.05, 3.63) is 0 Å². The highest BCUT2D eigenvalue weighted by Crippen LogP contribution is 2.25. The summed E-state index contributed by atoms with van der Waals surface area (Å²) in [7, 11) is 0. The molecule has 0 spiro atoms. The van der Waals surface area contributed by atoms with Crippen LogP contribution in [-0.4, -0.2) is 59.1 Å². The standard InChI is InChI=1S/C16H30N2O2/c1-13(2)18(15-6-4-3-5-7-15)16(20)11-17-9-8-14(10-17)12-19/h13-15,19H,3-12H2,1-2H3. The minimum absolute atomic E-state index is 0.251. The van der Waals surface area contributed by atoms with Gasteiger partial charge in [-0.15, -0.1) is 0 Å². The van der Waals surface area contributed by atoms with Crippen LogP contribution in [0.5, 0.6) is 0 Å². The van der Waals surface area contributed by atoms with Crippen molar-refractivity contribution in [1.29, 1.82) is 0 Å². The molecule has 0 radical (unpaired) electrons. The second-order valence-electron chi connectivity index (χ2n) is 6.76. The van der Waals surface area contributed by atoms with Crippen molar-refractivity contribution in [3.63, 3.8) is 0 Å². The molecule has 2 fully saturated rings. The number of hydrogen-bond donors (Lipinski definition) is 1. The number of carbonyl (C=O) groups is 1. The first-order valence-electron chi connectivity index (χ1n) is 8.26. The number of nitrogens with zero attached hydrogens (tertiary/aromatic N) is 2. The average Bonchev–Trinajstić information content (AvgIpc) is 2.87. The van der Waals surface area contributed by atoms with Crippen LogP contribution >= 0.6 is 0 Å². The van der Waals surface area contributed by atoms with Gasteiger partial charge in [-0.05, 0) is 45.6 Å². The topological polar surface area (TPSA) is 43.8 Å². The van der Waals surface area contributed by atoms with E-state index in [0.717, 1.165) is 19.5 Å². The lowest BCUT2D eigenvalue weighted by molar-refractivity contribution is -0.137. The Labute approximate surface area is 123 Å². The van der Waals surface area contributed by atoms with Crippen LogP contribution < -0.4 is 0 Å². The van der Waals surface area contributed by atoms with Crippen LogP contribution in [0.3, 0.4) is 0 Å². The lowest BCUT2D eigenvalue weighted by atomic mass is 9.93. The largest absolute Gasteiger partial charge is 0.396 e. The fourth-order valence-electron chi connectivity index (χ4n) is 3.75. The van der Waals surface area contributed by atoms with Crippen molar-refractivity contribution in [1.82, 2.24) is 9.80 Å². The average molecular weight is 282 g/mol. The van der Waals surface area contributed by atoms with Gasteiger partial charge in [0, 0.05) is 25.2 Å². The summed E-state index contributed by atoms with van der Waals surface area (Å²) in [5.41, 5.74) is 0. The quantitative estimate of drug-likeness (QED) is 0.837. The predicted octanol–water partition coefficient (Wildman–Crippen LogP) is 1.87. The number of hydrogen-bond acceptors (Lipinski definition) is 3. The zero-order valence-electron chi connectivity index (χ0n) is 13.1. The summed E-state index contributed by atoms with van der Waals surface area (Å²) in [6.07, 6.45) is 7.21. The second-order valence-corrected chi connectivity index (χ2v) is 6.76. The fourth-order valence-corrected chi connectivity index (χ4v) is 3.75. The molecule has 1 atom stereocenters. The Bertz CT molecular complexity index is 314. The van der Waals surface area contributed by atoms with Crippen LogP contribution in [0.2, 0.25) is 0 Å². The van der Waals surface area contributed by atoms with Crippen molar-refractivity contribution >= 4 is 5.91 Å². The summed E-state index contributed by atoms with van der Waals surface area (Å²) in [6.45, 7) is 6.87. The van der Waals surface area contributed by atoms with E-state index in [-0.39, 0.29) is 12.5 Å². The van der Waals surface area contributed by atoms with Gasteiger partial charge in [-0.1, -0.05) is 19.3 Å². The molecule has 4 nitrogen and oxygen atoms in total. The first-order chi connectivity index (χ1) is 9.61. The van der Waals surface area contributed by atoms with Gasteiger partial charge >= 0.3 is 0 Å². The number of aliphatic hydroxyl groups is 1. The monoisotopic (exact) mass is 282 g/mol. The normalized spacial score (nSPS) is 25.3. The van der Waals surface area contributed by atoms with Crippen molar-refractivity contribution in [3.8, 4) is 0 Å². The van der Waals surface area contributed by atoms with Crippen molar-refractivity contribution < 1.29 is 9.90 Å². The summed E-state index contributed by atoms with van der Waals surface area (Å²) >= 11 is 0. The molecule has 0 aromatic heterocycles. The Hall–Kier alpha value is -0.610. The third-order valence-electron chi connectivity index (χ3n) is 4.80. The maximum absolute atomic E-state index is 12.7. The third kappa shape index (κ3) is 3.95. The first kappa shape index (κ1) is 15.8. The van der Waals surface area contributed by atoms with Gasteiger partial charge in [0.15, 0.2) is 0 Å². The maximum Gasteiger partial charge on any atom is 0.237 e.